The van der Waals surface area contributed by atoms with Crippen molar-refractivity contribution in [3.8, 4) is 0 Å². The highest BCUT2D eigenvalue weighted by Gasteiger charge is 2.18. The Balaban J connectivity index is 3.95. The van der Waals surface area contributed by atoms with Crippen LogP contribution in [0.4, 0.5) is 0 Å². The third-order valence-electron chi connectivity index (χ3n) is 3.47. The van der Waals surface area contributed by atoms with Gasteiger partial charge in [-0.25, -0.2) is 0 Å². The van der Waals surface area contributed by atoms with Crippen LogP contribution in [-0.2, 0) is 9.53 Å². The van der Waals surface area contributed by atoms with Crippen LogP contribution in [0, 0.1) is 11.8 Å². The van der Waals surface area contributed by atoms with E-state index >= 15 is 0 Å². The lowest BCUT2D eigenvalue weighted by atomic mass is 9.99. The van der Waals surface area contributed by atoms with Crippen molar-refractivity contribution in [2.45, 2.75) is 72.6 Å². The molecule has 17 heavy (non-hydrogen) atoms. The third-order valence-corrected chi connectivity index (χ3v) is 3.47. The van der Waals surface area contributed by atoms with E-state index in [1.54, 1.807) is 0 Å². The topological polar surface area (TPSA) is 26.3 Å². The Bertz CT molecular complexity index is 189. The van der Waals surface area contributed by atoms with Gasteiger partial charge in [0.15, 0.2) is 0 Å². The van der Waals surface area contributed by atoms with Crippen LogP contribution < -0.4 is 0 Å². The zero-order valence-corrected chi connectivity index (χ0v) is 12.1. The number of esters is 1. The zero-order chi connectivity index (χ0) is 13.1. The van der Waals surface area contributed by atoms with Gasteiger partial charge in [-0.2, -0.15) is 0 Å². The van der Waals surface area contributed by atoms with E-state index in [1.807, 2.05) is 0 Å². The van der Waals surface area contributed by atoms with E-state index < -0.39 is 0 Å². The largest absolute Gasteiger partial charge is 0.465 e. The SMILES string of the molecule is CCCCC(CC)C(=O)OCC(CC)CCC. The minimum atomic E-state index is 0.0236. The van der Waals surface area contributed by atoms with Crippen LogP contribution in [0.1, 0.15) is 72.6 Å². The van der Waals surface area contributed by atoms with Crippen LogP contribution in [0.5, 0.6) is 0 Å². The Morgan fingerprint density at radius 1 is 1.00 bits per heavy atom. The molecule has 0 aliphatic rings. The molecule has 0 aliphatic heterocycles. The van der Waals surface area contributed by atoms with Gasteiger partial charge in [0.05, 0.1) is 12.5 Å². The number of hydrogen-bond acceptors (Lipinski definition) is 2. The van der Waals surface area contributed by atoms with Gasteiger partial charge >= 0.3 is 5.97 Å². The van der Waals surface area contributed by atoms with Crippen LogP contribution in [0.15, 0.2) is 0 Å². The molecule has 2 nitrogen and oxygen atoms in total. The second-order valence-electron chi connectivity index (χ2n) is 4.94. The summed E-state index contributed by atoms with van der Waals surface area (Å²) in [4.78, 5) is 11.9. The molecule has 0 heterocycles. The first kappa shape index (κ1) is 16.5. The van der Waals surface area contributed by atoms with Gasteiger partial charge < -0.3 is 4.74 Å². The van der Waals surface area contributed by atoms with E-state index in [4.69, 9.17) is 4.74 Å². The molecular formula is C15H30O2. The van der Waals surface area contributed by atoms with Crippen molar-refractivity contribution in [1.29, 1.82) is 0 Å². The van der Waals surface area contributed by atoms with Crippen molar-refractivity contribution >= 4 is 5.97 Å². The summed E-state index contributed by atoms with van der Waals surface area (Å²) in [7, 11) is 0. The van der Waals surface area contributed by atoms with E-state index in [0.29, 0.717) is 12.5 Å². The van der Waals surface area contributed by atoms with Gasteiger partial charge in [0, 0.05) is 0 Å². The van der Waals surface area contributed by atoms with Gasteiger partial charge in [-0.1, -0.05) is 53.4 Å². The fraction of sp³-hybridized carbons (Fsp3) is 0.933. The first-order valence-electron chi connectivity index (χ1n) is 7.36. The van der Waals surface area contributed by atoms with Crippen molar-refractivity contribution in [3.63, 3.8) is 0 Å². The molecule has 102 valence electrons. The molecule has 0 N–H and O–H groups in total. The average Bonchev–Trinajstić information content (AvgIpc) is 2.35. The maximum atomic E-state index is 11.9. The Morgan fingerprint density at radius 3 is 2.18 bits per heavy atom. The van der Waals surface area contributed by atoms with Gasteiger partial charge in [0.25, 0.3) is 0 Å². The monoisotopic (exact) mass is 242 g/mol. The Kier molecular flexibility index (Phi) is 10.3. The molecule has 0 bridgehead atoms. The van der Waals surface area contributed by atoms with Gasteiger partial charge in [0.1, 0.15) is 0 Å². The molecule has 0 aromatic carbocycles. The van der Waals surface area contributed by atoms with E-state index in [-0.39, 0.29) is 11.9 Å². The molecule has 2 unspecified atom stereocenters. The number of carbonyl (C=O) groups excluding carboxylic acids is 1. The van der Waals surface area contributed by atoms with Crippen LogP contribution in [-0.4, -0.2) is 12.6 Å². The summed E-state index contributed by atoms with van der Waals surface area (Å²) in [5, 5.41) is 0. The molecule has 2 heteroatoms. The summed E-state index contributed by atoms with van der Waals surface area (Å²) in [6.07, 6.45) is 7.60. The lowest BCUT2D eigenvalue weighted by molar-refractivity contribution is -0.150. The highest BCUT2D eigenvalue weighted by atomic mass is 16.5. The quantitative estimate of drug-likeness (QED) is 0.524. The van der Waals surface area contributed by atoms with Crippen molar-refractivity contribution in [2.75, 3.05) is 6.61 Å². The predicted molar refractivity (Wildman–Crippen MR) is 73.0 cm³/mol. The molecular weight excluding hydrogens is 212 g/mol. The highest BCUT2D eigenvalue weighted by Crippen LogP contribution is 2.17. The van der Waals surface area contributed by atoms with E-state index in [1.165, 1.54) is 6.42 Å². The lowest BCUT2D eigenvalue weighted by Crippen LogP contribution is -2.20. The van der Waals surface area contributed by atoms with Crippen LogP contribution in [0.2, 0.25) is 0 Å². The average molecular weight is 242 g/mol. The molecule has 0 saturated heterocycles. The summed E-state index contributed by atoms with van der Waals surface area (Å²) in [5.74, 6) is 0.692. The molecule has 0 fully saturated rings. The molecule has 0 radical (unpaired) electrons. The standard InChI is InChI=1S/C15H30O2/c1-5-9-11-14(8-4)15(16)17-12-13(7-3)10-6-2/h13-14H,5-12H2,1-4H3. The summed E-state index contributed by atoms with van der Waals surface area (Å²) in [5.41, 5.74) is 0. The van der Waals surface area contributed by atoms with Crippen molar-refractivity contribution in [1.82, 2.24) is 0 Å². The van der Waals surface area contributed by atoms with Crippen LogP contribution in [0.3, 0.4) is 0 Å². The first-order chi connectivity index (χ1) is 8.19. The summed E-state index contributed by atoms with van der Waals surface area (Å²) in [6, 6.07) is 0. The van der Waals surface area contributed by atoms with Gasteiger partial charge in [-0.05, 0) is 25.2 Å². The molecule has 0 aliphatic carbocycles. The Morgan fingerprint density at radius 2 is 1.71 bits per heavy atom. The molecule has 0 aromatic rings. The van der Waals surface area contributed by atoms with E-state index in [0.717, 1.165) is 38.5 Å². The normalized spacial score (nSPS) is 14.4. The molecule has 0 aromatic heterocycles. The molecule has 2 atom stereocenters. The van der Waals surface area contributed by atoms with Crippen molar-refractivity contribution in [3.05, 3.63) is 0 Å². The summed E-state index contributed by atoms with van der Waals surface area (Å²) >= 11 is 0. The van der Waals surface area contributed by atoms with Gasteiger partial charge in [-0.15, -0.1) is 0 Å². The number of rotatable bonds is 10. The maximum absolute atomic E-state index is 11.9. The first-order valence-corrected chi connectivity index (χ1v) is 7.36. The fourth-order valence-corrected chi connectivity index (χ4v) is 2.07. The van der Waals surface area contributed by atoms with Crippen molar-refractivity contribution in [2.24, 2.45) is 11.8 Å². The summed E-state index contributed by atoms with van der Waals surface area (Å²) < 4.78 is 5.46. The smallest absolute Gasteiger partial charge is 0.308 e. The van der Waals surface area contributed by atoms with Crippen LogP contribution in [0.25, 0.3) is 0 Å². The Hall–Kier alpha value is -0.530. The molecule has 0 amide bonds. The fourth-order valence-electron chi connectivity index (χ4n) is 2.07. The number of ether oxygens (including phenoxy) is 1. The predicted octanol–water partition coefficient (Wildman–Crippen LogP) is 4.57. The third kappa shape index (κ3) is 7.40. The van der Waals surface area contributed by atoms with Gasteiger partial charge in [-0.3, -0.25) is 4.79 Å². The second kappa shape index (κ2) is 10.6. The molecule has 0 saturated carbocycles. The maximum Gasteiger partial charge on any atom is 0.308 e. The summed E-state index contributed by atoms with van der Waals surface area (Å²) in [6.45, 7) is 9.20. The van der Waals surface area contributed by atoms with Gasteiger partial charge in [0.2, 0.25) is 0 Å². The van der Waals surface area contributed by atoms with Crippen molar-refractivity contribution < 1.29 is 9.53 Å². The molecule has 0 spiro atoms. The number of carbonyl (C=O) groups is 1. The number of unbranched alkanes of at least 4 members (excludes halogenated alkanes) is 1. The minimum absolute atomic E-state index is 0.0236. The molecule has 0 rings (SSSR count). The van der Waals surface area contributed by atoms with E-state index in [2.05, 4.69) is 27.7 Å². The van der Waals surface area contributed by atoms with Crippen LogP contribution >= 0.6 is 0 Å². The highest BCUT2D eigenvalue weighted by molar-refractivity contribution is 5.72. The Labute approximate surface area is 107 Å². The lowest BCUT2D eigenvalue weighted by Gasteiger charge is -2.17. The second-order valence-corrected chi connectivity index (χ2v) is 4.94. The van der Waals surface area contributed by atoms with E-state index in [9.17, 15) is 4.79 Å². The zero-order valence-electron chi connectivity index (χ0n) is 12.1. The number of hydrogen-bond donors (Lipinski definition) is 0. The minimum Gasteiger partial charge on any atom is -0.465 e.